The summed E-state index contributed by atoms with van der Waals surface area (Å²) in [6, 6.07) is 14.3. The average molecular weight is 459 g/mol. The summed E-state index contributed by atoms with van der Waals surface area (Å²) in [5.74, 6) is -0.140. The fourth-order valence-corrected chi connectivity index (χ4v) is 5.47. The van der Waals surface area contributed by atoms with Gasteiger partial charge in [0.2, 0.25) is 0 Å². The third kappa shape index (κ3) is 5.06. The predicted molar refractivity (Wildman–Crippen MR) is 125 cm³/mol. The summed E-state index contributed by atoms with van der Waals surface area (Å²) in [6.07, 6.45) is 0. The van der Waals surface area contributed by atoms with Crippen LogP contribution in [0.1, 0.15) is 17.3 Å². The number of sulfone groups is 1. The molecule has 1 aliphatic rings. The maximum absolute atomic E-state index is 12.3. The van der Waals surface area contributed by atoms with Crippen LogP contribution in [0.15, 0.2) is 53.4 Å². The van der Waals surface area contributed by atoms with Crippen LogP contribution in [0.2, 0.25) is 0 Å². The number of thiazole rings is 1. The van der Waals surface area contributed by atoms with E-state index in [1.165, 1.54) is 16.8 Å². The molecule has 0 unspecified atom stereocenters. The fraction of sp³-hybridized carbons (Fsp3) is 0.364. The van der Waals surface area contributed by atoms with E-state index in [4.69, 9.17) is 4.98 Å². The molecular formula is C22H26N4O3S2. The topological polar surface area (TPSA) is 82.6 Å². The molecule has 1 saturated heterocycles. The molecule has 0 saturated carbocycles. The minimum absolute atomic E-state index is 0.0464. The van der Waals surface area contributed by atoms with Crippen LogP contribution in [0.25, 0.3) is 10.2 Å². The molecule has 1 aromatic heterocycles. The number of anilines is 1. The number of nitrogens with zero attached hydrogens (tertiary/aromatic N) is 3. The first-order chi connectivity index (χ1) is 15.0. The zero-order chi connectivity index (χ0) is 21.8. The van der Waals surface area contributed by atoms with Gasteiger partial charge in [0.05, 0.1) is 20.9 Å². The molecule has 164 valence electrons. The second-order valence-corrected chi connectivity index (χ2v) is 10.8. The molecule has 0 spiro atoms. The van der Waals surface area contributed by atoms with Crippen LogP contribution >= 0.6 is 11.3 Å². The lowest BCUT2D eigenvalue weighted by atomic mass is 10.2. The molecule has 0 atom stereocenters. The Morgan fingerprint density at radius 1 is 1.06 bits per heavy atom. The second-order valence-electron chi connectivity index (χ2n) is 7.48. The van der Waals surface area contributed by atoms with Crippen LogP contribution in [-0.4, -0.2) is 69.2 Å². The first kappa shape index (κ1) is 21.7. The Morgan fingerprint density at radius 2 is 1.77 bits per heavy atom. The van der Waals surface area contributed by atoms with Crippen LogP contribution in [0.3, 0.4) is 0 Å². The Balaban J connectivity index is 1.23. The predicted octanol–water partition coefficient (Wildman–Crippen LogP) is 2.64. The van der Waals surface area contributed by atoms with Crippen LogP contribution in [0.5, 0.6) is 0 Å². The summed E-state index contributed by atoms with van der Waals surface area (Å²) < 4.78 is 25.0. The van der Waals surface area contributed by atoms with Crippen molar-refractivity contribution in [2.75, 3.05) is 49.9 Å². The van der Waals surface area contributed by atoms with Gasteiger partial charge in [-0.25, -0.2) is 13.4 Å². The van der Waals surface area contributed by atoms with E-state index in [1.54, 1.807) is 30.4 Å². The summed E-state index contributed by atoms with van der Waals surface area (Å²) in [5.41, 5.74) is 1.52. The van der Waals surface area contributed by atoms with E-state index in [0.29, 0.717) is 12.1 Å². The van der Waals surface area contributed by atoms with Gasteiger partial charge in [-0.2, -0.15) is 0 Å². The number of para-hydroxylation sites is 1. The van der Waals surface area contributed by atoms with E-state index in [-0.39, 0.29) is 16.6 Å². The SMILES string of the molecule is CCS(=O)(=O)c1ccc(C(=O)NCCN2CCN(c3nc4ccccc4s3)CC2)cc1. The minimum Gasteiger partial charge on any atom is -0.351 e. The largest absolute Gasteiger partial charge is 0.351 e. The molecule has 3 aromatic rings. The van der Waals surface area contributed by atoms with Crippen molar-refractivity contribution in [3.8, 4) is 0 Å². The van der Waals surface area contributed by atoms with Crippen molar-refractivity contribution in [1.82, 2.24) is 15.2 Å². The normalized spacial score (nSPS) is 15.3. The van der Waals surface area contributed by atoms with E-state index in [9.17, 15) is 13.2 Å². The van der Waals surface area contributed by atoms with Crippen molar-refractivity contribution in [2.45, 2.75) is 11.8 Å². The van der Waals surface area contributed by atoms with Crippen molar-refractivity contribution in [3.05, 3.63) is 54.1 Å². The molecule has 0 radical (unpaired) electrons. The van der Waals surface area contributed by atoms with Crippen molar-refractivity contribution >= 4 is 42.4 Å². The number of fused-ring (bicyclic) bond motifs is 1. The van der Waals surface area contributed by atoms with E-state index < -0.39 is 9.84 Å². The lowest BCUT2D eigenvalue weighted by molar-refractivity contribution is 0.0947. The maximum Gasteiger partial charge on any atom is 0.251 e. The van der Waals surface area contributed by atoms with Gasteiger partial charge in [-0.1, -0.05) is 30.4 Å². The van der Waals surface area contributed by atoms with Gasteiger partial charge in [-0.15, -0.1) is 0 Å². The fourth-order valence-electron chi connectivity index (χ4n) is 3.57. The van der Waals surface area contributed by atoms with Gasteiger partial charge in [0.1, 0.15) is 0 Å². The Labute approximate surface area is 186 Å². The number of hydrogen-bond acceptors (Lipinski definition) is 7. The zero-order valence-electron chi connectivity index (χ0n) is 17.5. The highest BCUT2D eigenvalue weighted by molar-refractivity contribution is 7.91. The zero-order valence-corrected chi connectivity index (χ0v) is 19.1. The number of aromatic nitrogens is 1. The highest BCUT2D eigenvalue weighted by Crippen LogP contribution is 2.29. The van der Waals surface area contributed by atoms with Gasteiger partial charge in [0.15, 0.2) is 15.0 Å². The van der Waals surface area contributed by atoms with Crippen molar-refractivity contribution in [2.24, 2.45) is 0 Å². The summed E-state index contributed by atoms with van der Waals surface area (Å²) >= 11 is 1.73. The lowest BCUT2D eigenvalue weighted by Gasteiger charge is -2.34. The molecule has 7 nitrogen and oxygen atoms in total. The smallest absolute Gasteiger partial charge is 0.251 e. The lowest BCUT2D eigenvalue weighted by Crippen LogP contribution is -2.48. The number of rotatable bonds is 7. The van der Waals surface area contributed by atoms with Crippen LogP contribution in [0.4, 0.5) is 5.13 Å². The van der Waals surface area contributed by atoms with Crippen molar-refractivity contribution < 1.29 is 13.2 Å². The third-order valence-electron chi connectivity index (χ3n) is 5.49. The van der Waals surface area contributed by atoms with E-state index in [1.807, 2.05) is 18.2 Å². The number of nitrogens with one attached hydrogen (secondary N) is 1. The van der Waals surface area contributed by atoms with Crippen LogP contribution < -0.4 is 10.2 Å². The van der Waals surface area contributed by atoms with Crippen LogP contribution in [-0.2, 0) is 9.84 Å². The van der Waals surface area contributed by atoms with Crippen molar-refractivity contribution in [3.63, 3.8) is 0 Å². The Morgan fingerprint density at radius 3 is 2.45 bits per heavy atom. The molecule has 9 heteroatoms. The number of amides is 1. The van der Waals surface area contributed by atoms with Gasteiger partial charge < -0.3 is 10.2 Å². The van der Waals surface area contributed by atoms with E-state index in [2.05, 4.69) is 21.2 Å². The third-order valence-corrected chi connectivity index (χ3v) is 8.34. The Kier molecular flexibility index (Phi) is 6.54. The molecule has 1 N–H and O–H groups in total. The minimum atomic E-state index is -3.25. The Bertz CT molecular complexity index is 1120. The molecule has 1 amide bonds. The van der Waals surface area contributed by atoms with Gasteiger partial charge in [0.25, 0.3) is 5.91 Å². The summed E-state index contributed by atoms with van der Waals surface area (Å²) in [7, 11) is -3.25. The van der Waals surface area contributed by atoms with E-state index in [0.717, 1.165) is 43.4 Å². The summed E-state index contributed by atoms with van der Waals surface area (Å²) in [5, 5.41) is 4.00. The summed E-state index contributed by atoms with van der Waals surface area (Å²) in [4.78, 5) is 22.0. The molecule has 0 bridgehead atoms. The molecule has 1 aliphatic heterocycles. The number of benzene rings is 2. The highest BCUT2D eigenvalue weighted by atomic mass is 32.2. The van der Waals surface area contributed by atoms with Gasteiger partial charge >= 0.3 is 0 Å². The monoisotopic (exact) mass is 458 g/mol. The van der Waals surface area contributed by atoms with Crippen LogP contribution in [0, 0.1) is 0 Å². The highest BCUT2D eigenvalue weighted by Gasteiger charge is 2.20. The molecule has 1 fully saturated rings. The first-order valence-corrected chi connectivity index (χ1v) is 12.9. The maximum atomic E-state index is 12.3. The molecule has 31 heavy (non-hydrogen) atoms. The molecule has 4 rings (SSSR count). The second kappa shape index (κ2) is 9.33. The number of hydrogen-bond donors (Lipinski definition) is 1. The standard InChI is InChI=1S/C22H26N4O3S2/c1-2-31(28,29)18-9-7-17(8-10-18)21(27)23-11-12-25-13-15-26(16-14-25)22-24-19-5-3-4-6-20(19)30-22/h3-10H,2,11-16H2,1H3,(H,23,27). The van der Waals surface area contributed by atoms with Crippen molar-refractivity contribution in [1.29, 1.82) is 0 Å². The molecule has 2 heterocycles. The van der Waals surface area contributed by atoms with Gasteiger partial charge in [-0.05, 0) is 36.4 Å². The number of carbonyl (C=O) groups is 1. The molecule has 0 aliphatic carbocycles. The van der Waals surface area contributed by atoms with Gasteiger partial charge in [0, 0.05) is 44.8 Å². The van der Waals surface area contributed by atoms with Gasteiger partial charge in [-0.3, -0.25) is 9.69 Å². The van der Waals surface area contributed by atoms with E-state index >= 15 is 0 Å². The average Bonchev–Trinajstić information content (AvgIpc) is 3.24. The molecular weight excluding hydrogens is 432 g/mol. The number of piperazine rings is 1. The first-order valence-electron chi connectivity index (χ1n) is 10.4. The Hall–Kier alpha value is -2.49. The quantitative estimate of drug-likeness (QED) is 0.586. The summed E-state index contributed by atoms with van der Waals surface area (Å²) in [6.45, 7) is 6.62. The number of carbonyl (C=O) groups excluding carboxylic acids is 1. The molecule has 2 aromatic carbocycles.